The molecule has 3 heteroatoms. The second-order valence-electron chi connectivity index (χ2n) is 4.26. The number of aryl methyl sites for hydroxylation is 1. The number of hydrogen-bond donors (Lipinski definition) is 0. The number of hydrogen-bond acceptors (Lipinski definition) is 2. The monoisotopic (exact) mass is 238 g/mol. The van der Waals surface area contributed by atoms with E-state index >= 15 is 0 Å². The summed E-state index contributed by atoms with van der Waals surface area (Å²) in [4.78, 5) is 4.50. The van der Waals surface area contributed by atoms with E-state index in [4.69, 9.17) is 4.74 Å². The smallest absolute Gasteiger partial charge is 0.144 e. The van der Waals surface area contributed by atoms with Gasteiger partial charge in [0.2, 0.25) is 0 Å². The summed E-state index contributed by atoms with van der Waals surface area (Å²) in [5, 5.41) is 0. The zero-order valence-corrected chi connectivity index (χ0v) is 10.4. The van der Waals surface area contributed by atoms with Gasteiger partial charge in [-0.05, 0) is 42.8 Å². The summed E-state index contributed by atoms with van der Waals surface area (Å²) in [6, 6.07) is 12.1. The highest BCUT2D eigenvalue weighted by Crippen LogP contribution is 2.23. The Balaban J connectivity index is 2.16. The first-order valence-electron chi connectivity index (χ1n) is 5.86. The van der Waals surface area contributed by atoms with E-state index in [9.17, 15) is 0 Å². The van der Waals surface area contributed by atoms with Gasteiger partial charge in [0.05, 0.1) is 18.8 Å². The molecule has 0 radical (unpaired) electrons. The molecule has 0 saturated heterocycles. The molecule has 0 saturated carbocycles. The van der Waals surface area contributed by atoms with Crippen LogP contribution in [0.5, 0.6) is 5.75 Å². The van der Waals surface area contributed by atoms with Gasteiger partial charge in [0.25, 0.3) is 0 Å². The molecule has 2 aromatic heterocycles. The van der Waals surface area contributed by atoms with Crippen molar-refractivity contribution in [2.24, 2.45) is 0 Å². The molecule has 0 atom stereocenters. The van der Waals surface area contributed by atoms with Gasteiger partial charge in [0, 0.05) is 11.8 Å². The van der Waals surface area contributed by atoms with Crippen molar-refractivity contribution >= 4 is 5.52 Å². The standard InChI is InChI=1S/C15H14N2O/c1-11-4-3-9-17-14(11)10-16-15(17)12-5-7-13(18-2)8-6-12/h3-10H,1-2H3. The van der Waals surface area contributed by atoms with Gasteiger partial charge in [0.1, 0.15) is 11.6 Å². The average molecular weight is 238 g/mol. The minimum atomic E-state index is 0.857. The van der Waals surface area contributed by atoms with Gasteiger partial charge < -0.3 is 4.74 Å². The number of rotatable bonds is 2. The van der Waals surface area contributed by atoms with Crippen molar-refractivity contribution < 1.29 is 4.74 Å². The average Bonchev–Trinajstić information content (AvgIpc) is 2.84. The van der Waals surface area contributed by atoms with Crippen LogP contribution in [0.25, 0.3) is 16.9 Å². The van der Waals surface area contributed by atoms with Crippen molar-refractivity contribution in [1.82, 2.24) is 9.38 Å². The van der Waals surface area contributed by atoms with E-state index in [1.165, 1.54) is 5.56 Å². The van der Waals surface area contributed by atoms with E-state index in [0.29, 0.717) is 0 Å². The molecule has 0 fully saturated rings. The second-order valence-corrected chi connectivity index (χ2v) is 4.26. The van der Waals surface area contributed by atoms with Crippen LogP contribution in [0.4, 0.5) is 0 Å². The second kappa shape index (κ2) is 4.18. The van der Waals surface area contributed by atoms with Crippen LogP contribution in [0.2, 0.25) is 0 Å². The minimum Gasteiger partial charge on any atom is -0.497 e. The Morgan fingerprint density at radius 1 is 1.11 bits per heavy atom. The maximum atomic E-state index is 5.17. The molecule has 0 amide bonds. The third-order valence-corrected chi connectivity index (χ3v) is 3.13. The number of benzene rings is 1. The highest BCUT2D eigenvalue weighted by Gasteiger charge is 2.07. The summed E-state index contributed by atoms with van der Waals surface area (Å²) in [7, 11) is 1.67. The molecule has 0 aliphatic carbocycles. The minimum absolute atomic E-state index is 0.857. The molecule has 0 unspecified atom stereocenters. The molecule has 0 N–H and O–H groups in total. The van der Waals surface area contributed by atoms with E-state index in [-0.39, 0.29) is 0 Å². The van der Waals surface area contributed by atoms with Crippen molar-refractivity contribution in [1.29, 1.82) is 0 Å². The summed E-state index contributed by atoms with van der Waals surface area (Å²) >= 11 is 0. The lowest BCUT2D eigenvalue weighted by Gasteiger charge is -2.04. The van der Waals surface area contributed by atoms with Crippen LogP contribution in [0.1, 0.15) is 5.56 Å². The normalized spacial score (nSPS) is 10.8. The fourth-order valence-electron chi connectivity index (χ4n) is 2.12. The summed E-state index contributed by atoms with van der Waals surface area (Å²) in [6.45, 7) is 2.09. The van der Waals surface area contributed by atoms with Crippen molar-refractivity contribution in [2.45, 2.75) is 6.92 Å². The van der Waals surface area contributed by atoms with Gasteiger partial charge in [-0.1, -0.05) is 6.07 Å². The van der Waals surface area contributed by atoms with Crippen LogP contribution >= 0.6 is 0 Å². The van der Waals surface area contributed by atoms with E-state index in [0.717, 1.165) is 22.7 Å². The molecular formula is C15H14N2O. The zero-order valence-electron chi connectivity index (χ0n) is 10.4. The third-order valence-electron chi connectivity index (χ3n) is 3.13. The number of imidazole rings is 1. The largest absolute Gasteiger partial charge is 0.497 e. The van der Waals surface area contributed by atoms with Crippen LogP contribution < -0.4 is 4.74 Å². The first-order valence-corrected chi connectivity index (χ1v) is 5.86. The van der Waals surface area contributed by atoms with Crippen LogP contribution in [0.15, 0.2) is 48.8 Å². The molecule has 18 heavy (non-hydrogen) atoms. The van der Waals surface area contributed by atoms with Crippen molar-refractivity contribution in [3.8, 4) is 17.1 Å². The van der Waals surface area contributed by atoms with Gasteiger partial charge in [-0.2, -0.15) is 0 Å². The first-order chi connectivity index (χ1) is 8.79. The number of pyridine rings is 1. The Morgan fingerprint density at radius 3 is 2.61 bits per heavy atom. The van der Waals surface area contributed by atoms with E-state index in [2.05, 4.69) is 22.4 Å². The van der Waals surface area contributed by atoms with E-state index in [1.807, 2.05) is 42.7 Å². The first kappa shape index (κ1) is 10.8. The Kier molecular flexibility index (Phi) is 2.52. The number of fused-ring (bicyclic) bond motifs is 1. The van der Waals surface area contributed by atoms with Gasteiger partial charge in [-0.25, -0.2) is 4.98 Å². The summed E-state index contributed by atoms with van der Waals surface area (Å²) < 4.78 is 7.27. The lowest BCUT2D eigenvalue weighted by atomic mass is 10.2. The van der Waals surface area contributed by atoms with Crippen molar-refractivity contribution in [3.63, 3.8) is 0 Å². The highest BCUT2D eigenvalue weighted by molar-refractivity contribution is 5.65. The molecule has 0 aliphatic rings. The summed E-state index contributed by atoms with van der Waals surface area (Å²) in [5.41, 5.74) is 3.45. The Morgan fingerprint density at radius 2 is 1.89 bits per heavy atom. The van der Waals surface area contributed by atoms with Crippen molar-refractivity contribution in [2.75, 3.05) is 7.11 Å². The van der Waals surface area contributed by atoms with Crippen molar-refractivity contribution in [3.05, 3.63) is 54.4 Å². The molecule has 0 spiro atoms. The zero-order chi connectivity index (χ0) is 12.5. The number of aromatic nitrogens is 2. The Bertz CT molecular complexity index is 683. The fraction of sp³-hybridized carbons (Fsp3) is 0.133. The fourth-order valence-corrected chi connectivity index (χ4v) is 2.12. The third kappa shape index (κ3) is 1.64. The maximum absolute atomic E-state index is 5.17. The molecular weight excluding hydrogens is 224 g/mol. The molecule has 90 valence electrons. The quantitative estimate of drug-likeness (QED) is 0.684. The molecule has 3 rings (SSSR count). The van der Waals surface area contributed by atoms with Gasteiger partial charge >= 0.3 is 0 Å². The summed E-state index contributed by atoms with van der Waals surface area (Å²) in [5.74, 6) is 1.81. The van der Waals surface area contributed by atoms with E-state index < -0.39 is 0 Å². The van der Waals surface area contributed by atoms with Gasteiger partial charge in [-0.3, -0.25) is 4.40 Å². The van der Waals surface area contributed by atoms with Gasteiger partial charge in [0.15, 0.2) is 0 Å². The Labute approximate surface area is 106 Å². The number of ether oxygens (including phenoxy) is 1. The van der Waals surface area contributed by atoms with Crippen LogP contribution in [0.3, 0.4) is 0 Å². The topological polar surface area (TPSA) is 26.5 Å². The van der Waals surface area contributed by atoms with Crippen LogP contribution in [-0.2, 0) is 0 Å². The number of nitrogens with zero attached hydrogens (tertiary/aromatic N) is 2. The SMILES string of the molecule is COc1ccc(-c2ncc3c(C)cccn23)cc1. The molecule has 2 heterocycles. The summed E-state index contributed by atoms with van der Waals surface area (Å²) in [6.07, 6.45) is 3.95. The Hall–Kier alpha value is -2.29. The molecule has 0 aliphatic heterocycles. The van der Waals surface area contributed by atoms with Crippen LogP contribution in [-0.4, -0.2) is 16.5 Å². The van der Waals surface area contributed by atoms with Gasteiger partial charge in [-0.15, -0.1) is 0 Å². The maximum Gasteiger partial charge on any atom is 0.144 e. The molecule has 3 aromatic rings. The number of methoxy groups -OCH3 is 1. The molecule has 0 bridgehead atoms. The lowest BCUT2D eigenvalue weighted by molar-refractivity contribution is 0.415. The molecule has 3 nitrogen and oxygen atoms in total. The molecule has 1 aromatic carbocycles. The predicted molar refractivity (Wildman–Crippen MR) is 71.9 cm³/mol. The predicted octanol–water partition coefficient (Wildman–Crippen LogP) is 3.32. The van der Waals surface area contributed by atoms with Crippen LogP contribution in [0, 0.1) is 6.92 Å². The van der Waals surface area contributed by atoms with E-state index in [1.54, 1.807) is 7.11 Å². The highest BCUT2D eigenvalue weighted by atomic mass is 16.5. The lowest BCUT2D eigenvalue weighted by Crippen LogP contribution is -1.90.